The van der Waals surface area contributed by atoms with E-state index in [2.05, 4.69) is 5.32 Å². The molecule has 40 heavy (non-hydrogen) atoms. The van der Waals surface area contributed by atoms with E-state index in [9.17, 15) is 18.0 Å². The van der Waals surface area contributed by atoms with Gasteiger partial charge in [-0.3, -0.25) is 13.9 Å². The fraction of sp³-hybridized carbons (Fsp3) is 0.355. The Morgan fingerprint density at radius 1 is 0.925 bits per heavy atom. The zero-order valence-corrected chi connectivity index (χ0v) is 24.5. The molecule has 0 saturated heterocycles. The molecule has 3 aromatic rings. The summed E-state index contributed by atoms with van der Waals surface area (Å²) in [7, 11) is -2.63. The van der Waals surface area contributed by atoms with Gasteiger partial charge in [0.1, 0.15) is 18.3 Å². The molecule has 0 aliphatic rings. The summed E-state index contributed by atoms with van der Waals surface area (Å²) in [5.74, 6) is -0.200. The minimum absolute atomic E-state index is 0.0276. The summed E-state index contributed by atoms with van der Waals surface area (Å²) in [5.41, 5.74) is 2.22. The molecule has 0 aliphatic carbocycles. The van der Waals surface area contributed by atoms with Crippen LogP contribution in [0.2, 0.25) is 0 Å². The van der Waals surface area contributed by atoms with Gasteiger partial charge in [0.2, 0.25) is 11.8 Å². The highest BCUT2D eigenvalue weighted by atomic mass is 32.2. The van der Waals surface area contributed by atoms with Gasteiger partial charge in [-0.2, -0.15) is 0 Å². The number of para-hydroxylation sites is 1. The number of unbranched alkanes of at least 4 members (excludes halogenated alkanes) is 1. The molecule has 0 unspecified atom stereocenters. The number of amides is 2. The average Bonchev–Trinajstić information content (AvgIpc) is 2.97. The normalized spacial score (nSPS) is 11.9. The van der Waals surface area contributed by atoms with Gasteiger partial charge in [-0.15, -0.1) is 0 Å². The number of hydrogen-bond donors (Lipinski definition) is 1. The molecular weight excluding hydrogens is 526 g/mol. The number of sulfonamides is 1. The molecule has 3 aromatic carbocycles. The fourth-order valence-electron chi connectivity index (χ4n) is 4.39. The zero-order valence-electron chi connectivity index (χ0n) is 23.7. The van der Waals surface area contributed by atoms with Crippen molar-refractivity contribution in [1.82, 2.24) is 10.2 Å². The lowest BCUT2D eigenvalue weighted by molar-refractivity contribution is -0.140. The summed E-state index contributed by atoms with van der Waals surface area (Å²) in [6.07, 6.45) is 2.14. The van der Waals surface area contributed by atoms with E-state index in [1.165, 1.54) is 24.1 Å². The Labute approximate surface area is 238 Å². The molecule has 0 fully saturated rings. The van der Waals surface area contributed by atoms with Crippen molar-refractivity contribution in [2.75, 3.05) is 24.5 Å². The Hall–Kier alpha value is -3.85. The predicted molar refractivity (Wildman–Crippen MR) is 158 cm³/mol. The quantitative estimate of drug-likeness (QED) is 0.280. The fourth-order valence-corrected chi connectivity index (χ4v) is 5.81. The van der Waals surface area contributed by atoms with Crippen LogP contribution in [0.1, 0.15) is 44.2 Å². The van der Waals surface area contributed by atoms with E-state index < -0.39 is 28.5 Å². The van der Waals surface area contributed by atoms with Crippen LogP contribution in [0.4, 0.5) is 5.69 Å². The molecule has 0 radical (unpaired) electrons. The van der Waals surface area contributed by atoms with Crippen LogP contribution in [0.15, 0.2) is 83.8 Å². The summed E-state index contributed by atoms with van der Waals surface area (Å²) >= 11 is 0. The molecule has 0 spiro atoms. The summed E-state index contributed by atoms with van der Waals surface area (Å²) in [6.45, 7) is 6.06. The lowest BCUT2D eigenvalue weighted by Crippen LogP contribution is -2.52. The van der Waals surface area contributed by atoms with Gasteiger partial charge in [0.05, 0.1) is 17.7 Å². The van der Waals surface area contributed by atoms with Crippen molar-refractivity contribution in [1.29, 1.82) is 0 Å². The van der Waals surface area contributed by atoms with Gasteiger partial charge in [0.15, 0.2) is 0 Å². The van der Waals surface area contributed by atoms with Crippen molar-refractivity contribution < 1.29 is 22.7 Å². The molecular formula is C31H39N3O5S. The van der Waals surface area contributed by atoms with Gasteiger partial charge in [-0.25, -0.2) is 8.42 Å². The Balaban J connectivity index is 2.02. The van der Waals surface area contributed by atoms with Crippen molar-refractivity contribution in [3.63, 3.8) is 0 Å². The standard InChI is InChI=1S/C31H39N3O5S/c1-5-7-21-32-31(36)29(6-2)33(22-25-14-12-11-13-24(25)3)30(35)23-34(26-15-9-8-10-16-26)40(37,38)28-19-17-27(39-4)18-20-28/h8-20,29H,5-7,21-23H2,1-4H3,(H,32,36)/t29-/m1/s1. The number of hydrogen-bond acceptors (Lipinski definition) is 5. The van der Waals surface area contributed by atoms with Gasteiger partial charge >= 0.3 is 0 Å². The number of rotatable bonds is 14. The second kappa shape index (κ2) is 14.5. The van der Waals surface area contributed by atoms with E-state index in [4.69, 9.17) is 4.74 Å². The van der Waals surface area contributed by atoms with Gasteiger partial charge in [-0.1, -0.05) is 62.7 Å². The van der Waals surface area contributed by atoms with Crippen LogP contribution in [0.3, 0.4) is 0 Å². The maximum atomic E-state index is 14.1. The van der Waals surface area contributed by atoms with Crippen LogP contribution >= 0.6 is 0 Å². The molecule has 1 atom stereocenters. The van der Waals surface area contributed by atoms with E-state index in [1.807, 2.05) is 45.0 Å². The minimum Gasteiger partial charge on any atom is -0.497 e. The zero-order chi connectivity index (χ0) is 29.1. The topological polar surface area (TPSA) is 96.0 Å². The summed E-state index contributed by atoms with van der Waals surface area (Å²) < 4.78 is 34.1. The third-order valence-electron chi connectivity index (χ3n) is 6.79. The number of methoxy groups -OCH3 is 1. The van der Waals surface area contributed by atoms with Crippen molar-refractivity contribution in [3.8, 4) is 5.75 Å². The number of nitrogens with one attached hydrogen (secondary N) is 1. The highest BCUT2D eigenvalue weighted by Gasteiger charge is 2.33. The van der Waals surface area contributed by atoms with Crippen molar-refractivity contribution >= 4 is 27.5 Å². The van der Waals surface area contributed by atoms with E-state index in [-0.39, 0.29) is 17.3 Å². The lowest BCUT2D eigenvalue weighted by atomic mass is 10.1. The first-order valence-corrected chi connectivity index (χ1v) is 15.0. The van der Waals surface area contributed by atoms with E-state index in [0.717, 1.165) is 28.3 Å². The number of benzene rings is 3. The van der Waals surface area contributed by atoms with Crippen LogP contribution < -0.4 is 14.4 Å². The average molecular weight is 566 g/mol. The second-order valence-corrected chi connectivity index (χ2v) is 11.4. The van der Waals surface area contributed by atoms with Gasteiger partial charge in [-0.05, 0) is 67.3 Å². The molecule has 0 bridgehead atoms. The SMILES string of the molecule is CCCCNC(=O)[C@@H](CC)N(Cc1ccccc1C)C(=O)CN(c1ccccc1)S(=O)(=O)c1ccc(OC)cc1. The highest BCUT2D eigenvalue weighted by Crippen LogP contribution is 2.26. The number of anilines is 1. The van der Waals surface area contributed by atoms with E-state index >= 15 is 0 Å². The van der Waals surface area contributed by atoms with Crippen LogP contribution in [-0.2, 0) is 26.2 Å². The summed E-state index contributed by atoms with van der Waals surface area (Å²) in [4.78, 5) is 28.9. The molecule has 8 nitrogen and oxygen atoms in total. The molecule has 0 aliphatic heterocycles. The first kappa shape index (κ1) is 30.7. The Morgan fingerprint density at radius 3 is 2.17 bits per heavy atom. The molecule has 0 heterocycles. The maximum absolute atomic E-state index is 14.1. The van der Waals surface area contributed by atoms with E-state index in [1.54, 1.807) is 42.5 Å². The monoisotopic (exact) mass is 565 g/mol. The number of ether oxygens (including phenoxy) is 1. The third kappa shape index (κ3) is 7.63. The smallest absolute Gasteiger partial charge is 0.264 e. The molecule has 9 heteroatoms. The van der Waals surface area contributed by atoms with Crippen molar-refractivity contribution in [2.45, 2.75) is 57.5 Å². The van der Waals surface area contributed by atoms with Crippen molar-refractivity contribution in [2.24, 2.45) is 0 Å². The lowest BCUT2D eigenvalue weighted by Gasteiger charge is -2.33. The largest absolute Gasteiger partial charge is 0.497 e. The Bertz CT molecular complexity index is 1360. The second-order valence-electron chi connectivity index (χ2n) is 9.54. The Kier molecular flexibility index (Phi) is 11.1. The van der Waals surface area contributed by atoms with Crippen LogP contribution in [0, 0.1) is 6.92 Å². The third-order valence-corrected chi connectivity index (χ3v) is 8.58. The highest BCUT2D eigenvalue weighted by molar-refractivity contribution is 7.92. The Morgan fingerprint density at radius 2 is 1.57 bits per heavy atom. The van der Waals surface area contributed by atoms with Crippen LogP contribution in [0.5, 0.6) is 5.75 Å². The predicted octanol–water partition coefficient (Wildman–Crippen LogP) is 4.92. The van der Waals surface area contributed by atoms with Gasteiger partial charge in [0.25, 0.3) is 10.0 Å². The molecule has 0 saturated carbocycles. The molecule has 214 valence electrons. The molecule has 1 N–H and O–H groups in total. The first-order valence-electron chi connectivity index (χ1n) is 13.6. The van der Waals surface area contributed by atoms with Crippen LogP contribution in [0.25, 0.3) is 0 Å². The van der Waals surface area contributed by atoms with Crippen LogP contribution in [-0.4, -0.2) is 51.4 Å². The molecule has 2 amide bonds. The molecule has 0 aromatic heterocycles. The number of carbonyl (C=O) groups is 2. The molecule has 3 rings (SSSR count). The van der Waals surface area contributed by atoms with Gasteiger partial charge in [0, 0.05) is 13.1 Å². The first-order chi connectivity index (χ1) is 19.2. The minimum atomic E-state index is -4.13. The van der Waals surface area contributed by atoms with Crippen molar-refractivity contribution in [3.05, 3.63) is 90.0 Å². The summed E-state index contributed by atoms with van der Waals surface area (Å²) in [5, 5.41) is 2.95. The van der Waals surface area contributed by atoms with Gasteiger partial charge < -0.3 is 15.0 Å². The summed E-state index contributed by atoms with van der Waals surface area (Å²) in [6, 6.07) is 21.5. The number of carbonyl (C=O) groups excluding carboxylic acids is 2. The number of nitrogens with zero attached hydrogens (tertiary/aromatic N) is 2. The number of aryl methyl sites for hydroxylation is 1. The van der Waals surface area contributed by atoms with E-state index in [0.29, 0.717) is 24.4 Å². The maximum Gasteiger partial charge on any atom is 0.264 e.